The van der Waals surface area contributed by atoms with Crippen LogP contribution in [0.3, 0.4) is 0 Å². The van der Waals surface area contributed by atoms with Gasteiger partial charge in [0.05, 0.1) is 0 Å². The Morgan fingerprint density at radius 2 is 1.93 bits per heavy atom. The van der Waals surface area contributed by atoms with Crippen LogP contribution in [-0.4, -0.2) is 33.7 Å². The zero-order chi connectivity index (χ0) is 19.5. The third-order valence-electron chi connectivity index (χ3n) is 5.23. The number of likely N-dealkylation sites (tertiary alicyclic amines) is 1. The highest BCUT2D eigenvalue weighted by Crippen LogP contribution is 2.24. The standard InChI is InChI=1S/C22H21FIN3O/c23-19-7-6-17(12-20(19)24)21(28)15-8-10-27(11-9-15)14-18-13-25-22(26-18)16-4-2-1-3-5-16/h1-7,12-13,15H,8-11,14H2,(H,25,26). The van der Waals surface area contributed by atoms with E-state index in [1.165, 1.54) is 6.07 Å². The van der Waals surface area contributed by atoms with E-state index in [2.05, 4.69) is 14.9 Å². The van der Waals surface area contributed by atoms with Gasteiger partial charge < -0.3 is 4.98 Å². The maximum Gasteiger partial charge on any atom is 0.166 e. The first kappa shape index (κ1) is 19.3. The fourth-order valence-corrected chi connectivity index (χ4v) is 4.18. The van der Waals surface area contributed by atoms with Crippen molar-refractivity contribution in [2.24, 2.45) is 5.92 Å². The number of piperidine rings is 1. The molecule has 0 bridgehead atoms. The number of carbonyl (C=O) groups is 1. The maximum absolute atomic E-state index is 13.4. The monoisotopic (exact) mass is 489 g/mol. The van der Waals surface area contributed by atoms with Gasteiger partial charge in [-0.05, 0) is 66.7 Å². The molecule has 1 aliphatic rings. The topological polar surface area (TPSA) is 49.0 Å². The Balaban J connectivity index is 1.34. The van der Waals surface area contributed by atoms with Crippen molar-refractivity contribution in [1.82, 2.24) is 14.9 Å². The number of imidazole rings is 1. The van der Waals surface area contributed by atoms with Crippen molar-refractivity contribution in [3.8, 4) is 11.4 Å². The van der Waals surface area contributed by atoms with E-state index in [1.807, 2.05) is 59.1 Å². The van der Waals surface area contributed by atoms with E-state index in [0.717, 1.165) is 49.6 Å². The van der Waals surface area contributed by atoms with Gasteiger partial charge in [-0.15, -0.1) is 0 Å². The molecule has 3 aromatic rings. The highest BCUT2D eigenvalue weighted by molar-refractivity contribution is 14.1. The number of Topliss-reactive ketones (excluding diaryl/α,β-unsaturated/α-hetero) is 1. The summed E-state index contributed by atoms with van der Waals surface area (Å²) < 4.78 is 13.9. The zero-order valence-electron chi connectivity index (χ0n) is 15.4. The summed E-state index contributed by atoms with van der Waals surface area (Å²) in [6, 6.07) is 14.7. The van der Waals surface area contributed by atoms with Crippen molar-refractivity contribution in [1.29, 1.82) is 0 Å². The van der Waals surface area contributed by atoms with Gasteiger partial charge in [0, 0.05) is 39.1 Å². The van der Waals surface area contributed by atoms with Crippen molar-refractivity contribution < 1.29 is 9.18 Å². The van der Waals surface area contributed by atoms with Gasteiger partial charge in [0.2, 0.25) is 0 Å². The van der Waals surface area contributed by atoms with Crippen LogP contribution < -0.4 is 0 Å². The summed E-state index contributed by atoms with van der Waals surface area (Å²) in [6.45, 7) is 2.54. The van der Waals surface area contributed by atoms with Crippen LogP contribution in [0.4, 0.5) is 4.39 Å². The molecule has 2 heterocycles. The first-order chi connectivity index (χ1) is 13.6. The molecule has 2 aromatic carbocycles. The van der Waals surface area contributed by atoms with Crippen molar-refractivity contribution >= 4 is 28.4 Å². The van der Waals surface area contributed by atoms with Gasteiger partial charge in [-0.1, -0.05) is 30.3 Å². The molecule has 0 radical (unpaired) electrons. The fourth-order valence-electron chi connectivity index (χ4n) is 3.66. The number of hydrogen-bond acceptors (Lipinski definition) is 3. The number of nitrogens with one attached hydrogen (secondary N) is 1. The van der Waals surface area contributed by atoms with Crippen LogP contribution in [0, 0.1) is 15.3 Å². The van der Waals surface area contributed by atoms with Crippen molar-refractivity contribution in [3.05, 3.63) is 75.4 Å². The second kappa shape index (κ2) is 8.53. The molecular formula is C22H21FIN3O. The molecule has 4 nitrogen and oxygen atoms in total. The highest BCUT2D eigenvalue weighted by atomic mass is 127. The summed E-state index contributed by atoms with van der Waals surface area (Å²) in [4.78, 5) is 23.0. The number of carbonyl (C=O) groups excluding carboxylic acids is 1. The molecule has 28 heavy (non-hydrogen) atoms. The third-order valence-corrected chi connectivity index (χ3v) is 6.06. The van der Waals surface area contributed by atoms with Crippen LogP contribution in [0.25, 0.3) is 11.4 Å². The number of benzene rings is 2. The minimum atomic E-state index is -0.276. The Morgan fingerprint density at radius 3 is 2.64 bits per heavy atom. The Labute approximate surface area is 177 Å². The van der Waals surface area contributed by atoms with E-state index < -0.39 is 0 Å². The Kier molecular flexibility index (Phi) is 5.87. The molecule has 6 heteroatoms. The smallest absolute Gasteiger partial charge is 0.166 e. The fraction of sp³-hybridized carbons (Fsp3) is 0.273. The molecule has 1 saturated heterocycles. The van der Waals surface area contributed by atoms with Gasteiger partial charge in [-0.25, -0.2) is 9.37 Å². The SMILES string of the molecule is O=C(c1ccc(F)c(I)c1)C1CCN(Cc2cnc(-c3ccccc3)[nH]2)CC1. The van der Waals surface area contributed by atoms with Crippen LogP contribution in [-0.2, 0) is 6.54 Å². The number of H-pyrrole nitrogens is 1. The molecule has 144 valence electrons. The second-order valence-electron chi connectivity index (χ2n) is 7.17. The number of hydrogen-bond donors (Lipinski definition) is 1. The van der Waals surface area contributed by atoms with Crippen LogP contribution in [0.1, 0.15) is 28.9 Å². The molecule has 0 spiro atoms. The zero-order valence-corrected chi connectivity index (χ0v) is 17.5. The summed E-state index contributed by atoms with van der Waals surface area (Å²) >= 11 is 1.93. The number of nitrogens with zero attached hydrogens (tertiary/aromatic N) is 2. The lowest BCUT2D eigenvalue weighted by Crippen LogP contribution is -2.36. The molecule has 0 atom stereocenters. The molecule has 1 N–H and O–H groups in total. The molecule has 0 saturated carbocycles. The Morgan fingerprint density at radius 1 is 1.18 bits per heavy atom. The van der Waals surface area contributed by atoms with Gasteiger partial charge >= 0.3 is 0 Å². The van der Waals surface area contributed by atoms with E-state index in [0.29, 0.717) is 9.13 Å². The average molecular weight is 489 g/mol. The first-order valence-corrected chi connectivity index (χ1v) is 10.5. The number of ketones is 1. The summed E-state index contributed by atoms with van der Waals surface area (Å²) in [5, 5.41) is 0. The van der Waals surface area contributed by atoms with Gasteiger partial charge in [0.25, 0.3) is 0 Å². The lowest BCUT2D eigenvalue weighted by atomic mass is 9.89. The average Bonchev–Trinajstić information content (AvgIpc) is 3.19. The molecular weight excluding hydrogens is 468 g/mol. The summed E-state index contributed by atoms with van der Waals surface area (Å²) in [7, 11) is 0. The predicted octanol–water partition coefficient (Wildman–Crippen LogP) is 4.92. The molecule has 0 amide bonds. The highest BCUT2D eigenvalue weighted by Gasteiger charge is 2.26. The van der Waals surface area contributed by atoms with Gasteiger partial charge in [-0.2, -0.15) is 0 Å². The predicted molar refractivity (Wildman–Crippen MR) is 115 cm³/mol. The lowest BCUT2D eigenvalue weighted by Gasteiger charge is -2.30. The van der Waals surface area contributed by atoms with Crippen molar-refractivity contribution in [2.45, 2.75) is 19.4 Å². The molecule has 4 rings (SSSR count). The van der Waals surface area contributed by atoms with Gasteiger partial charge in [-0.3, -0.25) is 9.69 Å². The minimum Gasteiger partial charge on any atom is -0.341 e. The van der Waals surface area contributed by atoms with E-state index in [1.54, 1.807) is 12.1 Å². The maximum atomic E-state index is 13.4. The Hall–Kier alpha value is -2.06. The van der Waals surface area contributed by atoms with Crippen LogP contribution in [0.2, 0.25) is 0 Å². The van der Waals surface area contributed by atoms with Crippen molar-refractivity contribution in [2.75, 3.05) is 13.1 Å². The number of aromatic nitrogens is 2. The number of aromatic amines is 1. The van der Waals surface area contributed by atoms with E-state index in [9.17, 15) is 9.18 Å². The lowest BCUT2D eigenvalue weighted by molar-refractivity contribution is 0.0834. The van der Waals surface area contributed by atoms with E-state index in [4.69, 9.17) is 0 Å². The van der Waals surface area contributed by atoms with E-state index in [-0.39, 0.29) is 17.5 Å². The molecule has 1 aromatic heterocycles. The van der Waals surface area contributed by atoms with Gasteiger partial charge in [0.15, 0.2) is 5.78 Å². The second-order valence-corrected chi connectivity index (χ2v) is 8.33. The summed E-state index contributed by atoms with van der Waals surface area (Å²) in [5.74, 6) is 0.748. The van der Waals surface area contributed by atoms with Crippen LogP contribution >= 0.6 is 22.6 Å². The first-order valence-electron chi connectivity index (χ1n) is 9.41. The molecule has 0 aliphatic carbocycles. The third kappa shape index (κ3) is 4.33. The summed E-state index contributed by atoms with van der Waals surface area (Å²) in [6.07, 6.45) is 3.54. The molecule has 0 unspecified atom stereocenters. The molecule has 1 aliphatic heterocycles. The van der Waals surface area contributed by atoms with E-state index >= 15 is 0 Å². The van der Waals surface area contributed by atoms with Crippen LogP contribution in [0.15, 0.2) is 54.7 Å². The largest absolute Gasteiger partial charge is 0.341 e. The molecule has 1 fully saturated rings. The van der Waals surface area contributed by atoms with Crippen molar-refractivity contribution in [3.63, 3.8) is 0 Å². The van der Waals surface area contributed by atoms with Gasteiger partial charge in [0.1, 0.15) is 11.6 Å². The quantitative estimate of drug-likeness (QED) is 0.409. The van der Waals surface area contributed by atoms with Crippen LogP contribution in [0.5, 0.6) is 0 Å². The summed E-state index contributed by atoms with van der Waals surface area (Å²) in [5.41, 5.74) is 2.77. The minimum absolute atomic E-state index is 0.0131. The number of rotatable bonds is 5. The normalized spacial score (nSPS) is 15.6. The number of halogens is 2. The Bertz CT molecular complexity index is 965.